The number of aryl methyl sites for hydroxylation is 1. The Balaban J connectivity index is 1.37. The van der Waals surface area contributed by atoms with Crippen molar-refractivity contribution in [3.05, 3.63) is 77.9 Å². The minimum atomic E-state index is -0.539. The number of hydrogen-bond donors (Lipinski definition) is 1. The van der Waals surface area contributed by atoms with Gasteiger partial charge in [0, 0.05) is 13.0 Å². The first kappa shape index (κ1) is 15.5. The van der Waals surface area contributed by atoms with E-state index in [-0.39, 0.29) is 0 Å². The Morgan fingerprint density at radius 2 is 1.84 bits per heavy atom. The lowest BCUT2D eigenvalue weighted by Crippen LogP contribution is -2.33. The molecule has 0 saturated carbocycles. The van der Waals surface area contributed by atoms with Crippen LogP contribution in [0.1, 0.15) is 17.5 Å². The molecule has 25 heavy (non-hydrogen) atoms. The number of ether oxygens (including phenoxy) is 2. The van der Waals surface area contributed by atoms with Gasteiger partial charge in [-0.2, -0.15) is 0 Å². The Kier molecular flexibility index (Phi) is 4.25. The highest BCUT2D eigenvalue weighted by atomic mass is 16.7. The molecule has 0 radical (unpaired) electrons. The molecule has 3 aromatic rings. The van der Waals surface area contributed by atoms with E-state index in [1.54, 1.807) is 0 Å². The van der Waals surface area contributed by atoms with Crippen LogP contribution in [0.25, 0.3) is 10.8 Å². The van der Waals surface area contributed by atoms with Gasteiger partial charge in [-0.3, -0.25) is 0 Å². The summed E-state index contributed by atoms with van der Waals surface area (Å²) in [5, 5.41) is 5.11. The Labute approximate surface area is 146 Å². The van der Waals surface area contributed by atoms with E-state index in [1.165, 1.54) is 0 Å². The average Bonchev–Trinajstić information content (AvgIpc) is 2.66. The van der Waals surface area contributed by atoms with Crippen molar-refractivity contribution in [1.82, 2.24) is 5.32 Å². The predicted molar refractivity (Wildman–Crippen MR) is 96.4 cm³/mol. The molecule has 1 unspecified atom stereocenters. The van der Waals surface area contributed by atoms with Gasteiger partial charge < -0.3 is 14.8 Å². The molecule has 0 aromatic heterocycles. The Morgan fingerprint density at radius 1 is 1.04 bits per heavy atom. The third-order valence-corrected chi connectivity index (χ3v) is 4.42. The molecule has 0 aliphatic carbocycles. The number of hydrogen-bond acceptors (Lipinski definition) is 3. The second kappa shape index (κ2) is 6.85. The number of fused-ring (bicyclic) bond motifs is 2. The quantitative estimate of drug-likeness (QED) is 0.772. The molecule has 126 valence electrons. The fourth-order valence-electron chi connectivity index (χ4n) is 3.16. The molecule has 1 heterocycles. The molecule has 4 nitrogen and oxygen atoms in total. The molecular formula is C21H19NO3. The van der Waals surface area contributed by atoms with Gasteiger partial charge in [0.1, 0.15) is 5.75 Å². The summed E-state index contributed by atoms with van der Waals surface area (Å²) in [5.41, 5.74) is 2.21. The molecule has 1 atom stereocenters. The molecule has 0 fully saturated rings. The molecule has 1 aliphatic heterocycles. The average molecular weight is 333 g/mol. The summed E-state index contributed by atoms with van der Waals surface area (Å²) in [7, 11) is 0. The van der Waals surface area contributed by atoms with E-state index < -0.39 is 12.4 Å². The van der Waals surface area contributed by atoms with Gasteiger partial charge in [-0.15, -0.1) is 0 Å². The summed E-state index contributed by atoms with van der Waals surface area (Å²) in [6, 6.07) is 22.0. The zero-order chi connectivity index (χ0) is 17.1. The summed E-state index contributed by atoms with van der Waals surface area (Å²) < 4.78 is 11.2. The van der Waals surface area contributed by atoms with E-state index in [4.69, 9.17) is 9.47 Å². The summed E-state index contributed by atoms with van der Waals surface area (Å²) in [6.45, 7) is 0.420. The summed E-state index contributed by atoms with van der Waals surface area (Å²) in [5.74, 6) is 0.792. The van der Waals surface area contributed by atoms with Gasteiger partial charge in [-0.25, -0.2) is 4.79 Å². The maximum atomic E-state index is 12.1. The monoisotopic (exact) mass is 333 g/mol. The van der Waals surface area contributed by atoms with E-state index in [2.05, 4.69) is 23.5 Å². The molecule has 0 saturated heterocycles. The molecule has 1 N–H and O–H groups in total. The number of nitrogens with one attached hydrogen (secondary N) is 1. The molecule has 1 aliphatic rings. The second-order valence-corrected chi connectivity index (χ2v) is 6.09. The van der Waals surface area contributed by atoms with Gasteiger partial charge >= 0.3 is 6.09 Å². The topological polar surface area (TPSA) is 47.6 Å². The highest BCUT2D eigenvalue weighted by Crippen LogP contribution is 2.27. The molecule has 3 aromatic carbocycles. The summed E-state index contributed by atoms with van der Waals surface area (Å²) >= 11 is 0. The largest absolute Gasteiger partial charge is 0.454 e. The first-order valence-electron chi connectivity index (χ1n) is 8.45. The highest BCUT2D eigenvalue weighted by Gasteiger charge is 2.22. The van der Waals surface area contributed by atoms with Crippen LogP contribution < -0.4 is 10.1 Å². The van der Waals surface area contributed by atoms with Crippen LogP contribution >= 0.6 is 0 Å². The number of amides is 1. The number of alkyl carbamates (subject to hydrolysis) is 1. The van der Waals surface area contributed by atoms with Crippen molar-refractivity contribution < 1.29 is 14.3 Å². The lowest BCUT2D eigenvalue weighted by molar-refractivity contribution is -0.0446. The number of benzene rings is 3. The van der Waals surface area contributed by atoms with Crippen molar-refractivity contribution in [3.63, 3.8) is 0 Å². The van der Waals surface area contributed by atoms with Crippen molar-refractivity contribution in [1.29, 1.82) is 0 Å². The van der Waals surface area contributed by atoms with Gasteiger partial charge in [0.05, 0.1) is 0 Å². The Hall–Kier alpha value is -3.01. The fraction of sp³-hybridized carbons (Fsp3) is 0.190. The van der Waals surface area contributed by atoms with Gasteiger partial charge in [0.25, 0.3) is 0 Å². The van der Waals surface area contributed by atoms with Gasteiger partial charge in [-0.05, 0) is 34.4 Å². The van der Waals surface area contributed by atoms with E-state index in [0.717, 1.165) is 34.1 Å². The molecule has 0 spiro atoms. The van der Waals surface area contributed by atoms with E-state index in [9.17, 15) is 4.79 Å². The SMILES string of the molecule is O=C(NCc1cccc2ccccc12)OC1CCc2ccccc2O1. The van der Waals surface area contributed by atoms with Gasteiger partial charge in [-0.1, -0.05) is 60.7 Å². The lowest BCUT2D eigenvalue weighted by atomic mass is 10.0. The van der Waals surface area contributed by atoms with Crippen molar-refractivity contribution in [2.24, 2.45) is 0 Å². The van der Waals surface area contributed by atoms with Crippen LogP contribution in [0.3, 0.4) is 0 Å². The molecule has 0 bridgehead atoms. The second-order valence-electron chi connectivity index (χ2n) is 6.09. The molecular weight excluding hydrogens is 314 g/mol. The molecule has 4 heteroatoms. The van der Waals surface area contributed by atoms with Crippen LogP contribution in [0.2, 0.25) is 0 Å². The summed E-state index contributed by atoms with van der Waals surface area (Å²) in [6.07, 6.45) is 0.510. The number of carbonyl (C=O) groups is 1. The lowest BCUT2D eigenvalue weighted by Gasteiger charge is -2.25. The number of para-hydroxylation sites is 1. The first-order valence-corrected chi connectivity index (χ1v) is 8.45. The van der Waals surface area contributed by atoms with Gasteiger partial charge in [0.2, 0.25) is 6.29 Å². The molecule has 1 amide bonds. The standard InChI is InChI=1S/C21H19NO3/c23-21(25-20-13-12-16-7-2-4-11-19(16)24-20)22-14-17-9-5-8-15-6-1-3-10-18(15)17/h1-11,20H,12-14H2,(H,22,23). The fourth-order valence-corrected chi connectivity index (χ4v) is 3.16. The van der Waals surface area contributed by atoms with Crippen LogP contribution in [0.15, 0.2) is 66.7 Å². The normalized spacial score (nSPS) is 15.9. The number of carbonyl (C=O) groups excluding carboxylic acids is 1. The van der Waals surface area contributed by atoms with Crippen molar-refractivity contribution in [2.45, 2.75) is 25.7 Å². The van der Waals surface area contributed by atoms with Gasteiger partial charge in [0.15, 0.2) is 0 Å². The third-order valence-electron chi connectivity index (χ3n) is 4.42. The molecule has 4 rings (SSSR count). The zero-order valence-electron chi connectivity index (χ0n) is 13.8. The predicted octanol–water partition coefficient (Wildman–Crippen LogP) is 4.42. The minimum Gasteiger partial charge on any atom is -0.454 e. The maximum Gasteiger partial charge on any atom is 0.410 e. The van der Waals surface area contributed by atoms with Crippen LogP contribution in [-0.4, -0.2) is 12.4 Å². The zero-order valence-corrected chi connectivity index (χ0v) is 13.8. The number of rotatable bonds is 3. The first-order chi connectivity index (χ1) is 12.3. The summed E-state index contributed by atoms with van der Waals surface area (Å²) in [4.78, 5) is 12.1. The maximum absolute atomic E-state index is 12.1. The van der Waals surface area contributed by atoms with Crippen LogP contribution in [0.5, 0.6) is 5.75 Å². The van der Waals surface area contributed by atoms with Crippen LogP contribution in [-0.2, 0) is 17.7 Å². The van der Waals surface area contributed by atoms with Crippen LogP contribution in [0.4, 0.5) is 4.79 Å². The van der Waals surface area contributed by atoms with E-state index >= 15 is 0 Å². The van der Waals surface area contributed by atoms with Crippen molar-refractivity contribution in [3.8, 4) is 5.75 Å². The third kappa shape index (κ3) is 3.43. The van der Waals surface area contributed by atoms with Crippen molar-refractivity contribution >= 4 is 16.9 Å². The van der Waals surface area contributed by atoms with Crippen molar-refractivity contribution in [2.75, 3.05) is 0 Å². The minimum absolute atomic E-state index is 0.420. The smallest absolute Gasteiger partial charge is 0.410 e. The van der Waals surface area contributed by atoms with Crippen LogP contribution in [0, 0.1) is 0 Å². The Morgan fingerprint density at radius 3 is 2.80 bits per heavy atom. The van der Waals surface area contributed by atoms with E-state index in [0.29, 0.717) is 13.0 Å². The van der Waals surface area contributed by atoms with E-state index in [1.807, 2.05) is 48.5 Å². The Bertz CT molecular complexity index is 901. The highest BCUT2D eigenvalue weighted by molar-refractivity contribution is 5.85.